The molecule has 1 amide bonds. The number of carbonyl (C=O) groups is 1. The van der Waals surface area contributed by atoms with Gasteiger partial charge in [-0.25, -0.2) is 22.0 Å². The van der Waals surface area contributed by atoms with Crippen LogP contribution in [0.25, 0.3) is 27.7 Å². The van der Waals surface area contributed by atoms with Crippen LogP contribution in [0.3, 0.4) is 0 Å². The molecule has 3 aromatic heterocycles. The SMILES string of the molecule is N#CC[C@H]1CN(C(=O)/C(F)=C(\c2ccccn2)c2nc(OC[C@@]34CCCN3C[C@H](F)C4)nc3c(F)c(-c4cc(F)ccc4F)ncc23)CCN1. The third-order valence-electron chi connectivity index (χ3n) is 9.52. The highest BCUT2D eigenvalue weighted by atomic mass is 19.1. The second-order valence-corrected chi connectivity index (χ2v) is 12.7. The Morgan fingerprint density at radius 3 is 2.78 bits per heavy atom. The fraction of sp³-hybridized carbons (Fsp3) is 0.371. The lowest BCUT2D eigenvalue weighted by Gasteiger charge is -2.32. The minimum atomic E-state index is -1.26. The van der Waals surface area contributed by atoms with E-state index in [-0.39, 0.29) is 61.9 Å². The number of benzene rings is 1. The number of amides is 1. The van der Waals surface area contributed by atoms with Gasteiger partial charge in [-0.05, 0) is 49.7 Å². The molecule has 6 heterocycles. The molecule has 0 aliphatic carbocycles. The van der Waals surface area contributed by atoms with Gasteiger partial charge in [0.2, 0.25) is 0 Å². The number of halogens is 5. The van der Waals surface area contributed by atoms with Gasteiger partial charge >= 0.3 is 6.01 Å². The van der Waals surface area contributed by atoms with Crippen molar-refractivity contribution >= 4 is 22.4 Å². The Kier molecular flexibility index (Phi) is 9.15. The average Bonchev–Trinajstić information content (AvgIpc) is 3.65. The molecular formula is C35H31F5N8O2. The first-order valence-corrected chi connectivity index (χ1v) is 16.2. The monoisotopic (exact) mass is 690 g/mol. The normalized spacial score (nSPS) is 22.7. The highest BCUT2D eigenvalue weighted by Crippen LogP contribution is 2.41. The van der Waals surface area contributed by atoms with Gasteiger partial charge in [0.1, 0.15) is 35.6 Å². The molecule has 1 N–H and O–H groups in total. The summed E-state index contributed by atoms with van der Waals surface area (Å²) >= 11 is 0. The van der Waals surface area contributed by atoms with Crippen LogP contribution in [0.1, 0.15) is 37.1 Å². The quantitative estimate of drug-likeness (QED) is 0.203. The average molecular weight is 691 g/mol. The smallest absolute Gasteiger partial charge is 0.317 e. The van der Waals surface area contributed by atoms with E-state index in [1.807, 2.05) is 11.0 Å². The molecule has 4 aromatic rings. The minimum absolute atomic E-state index is 0.0229. The highest BCUT2D eigenvalue weighted by Gasteiger charge is 2.49. The standard InChI is InChI=1S/C35H31F5N8O2/c36-20-5-6-25(38)23(14-20)31-29(40)32-24(16-44-31)30(45-34(46-32)50-19-35-8-3-12-48(35)17-21(37)15-35)27(26-4-1-2-10-43-26)28(39)33(49)47-13-11-42-22(18-47)7-9-41/h1-2,4-6,10,14,16,21-22,42H,3,7-8,11-13,15,17-19H2/b28-27-/t21-,22+,35+/m1/s1. The summed E-state index contributed by atoms with van der Waals surface area (Å²) in [6.45, 7) is 1.40. The summed E-state index contributed by atoms with van der Waals surface area (Å²) in [6, 6.07) is 8.37. The van der Waals surface area contributed by atoms with Crippen LogP contribution in [0, 0.1) is 28.8 Å². The van der Waals surface area contributed by atoms with Gasteiger partial charge in [0, 0.05) is 62.0 Å². The van der Waals surface area contributed by atoms with E-state index >= 15 is 8.78 Å². The molecule has 3 aliphatic rings. The first-order chi connectivity index (χ1) is 24.2. The van der Waals surface area contributed by atoms with Crippen LogP contribution >= 0.6 is 0 Å². The van der Waals surface area contributed by atoms with E-state index < -0.39 is 69.3 Å². The van der Waals surface area contributed by atoms with E-state index in [1.54, 1.807) is 12.1 Å². The topological polar surface area (TPSA) is 120 Å². The van der Waals surface area contributed by atoms with E-state index in [2.05, 4.69) is 25.3 Å². The Hall–Kier alpha value is -5.07. The summed E-state index contributed by atoms with van der Waals surface area (Å²) in [6.07, 6.45) is 3.20. The molecule has 7 rings (SSSR count). The van der Waals surface area contributed by atoms with Crippen LogP contribution in [0.5, 0.6) is 6.01 Å². The van der Waals surface area contributed by atoms with Crippen LogP contribution < -0.4 is 10.1 Å². The molecule has 0 radical (unpaired) electrons. The van der Waals surface area contributed by atoms with Gasteiger partial charge in [0.15, 0.2) is 11.6 Å². The van der Waals surface area contributed by atoms with Crippen molar-refractivity contribution in [1.82, 2.24) is 35.1 Å². The Bertz CT molecular complexity index is 2030. The zero-order valence-corrected chi connectivity index (χ0v) is 26.7. The number of fused-ring (bicyclic) bond motifs is 2. The molecule has 15 heteroatoms. The molecule has 0 spiro atoms. The van der Waals surface area contributed by atoms with Crippen molar-refractivity contribution in [1.29, 1.82) is 5.26 Å². The first-order valence-electron chi connectivity index (χ1n) is 16.2. The number of hydrogen-bond acceptors (Lipinski definition) is 9. The van der Waals surface area contributed by atoms with E-state index in [0.29, 0.717) is 19.5 Å². The Morgan fingerprint density at radius 1 is 1.12 bits per heavy atom. The molecule has 0 saturated carbocycles. The fourth-order valence-corrected chi connectivity index (χ4v) is 7.16. The van der Waals surface area contributed by atoms with Crippen molar-refractivity contribution in [3.8, 4) is 23.3 Å². The number of nitriles is 1. The van der Waals surface area contributed by atoms with E-state index in [4.69, 9.17) is 4.74 Å². The predicted octanol–water partition coefficient (Wildman–Crippen LogP) is 4.90. The van der Waals surface area contributed by atoms with Gasteiger partial charge in [0.05, 0.1) is 35.0 Å². The summed E-state index contributed by atoms with van der Waals surface area (Å²) in [5, 5.41) is 12.1. The lowest BCUT2D eigenvalue weighted by Crippen LogP contribution is -2.52. The molecule has 1 aromatic carbocycles. The molecule has 10 nitrogen and oxygen atoms in total. The van der Waals surface area contributed by atoms with Crippen molar-refractivity contribution in [2.75, 3.05) is 39.3 Å². The number of nitrogens with one attached hydrogen (secondary N) is 1. The summed E-state index contributed by atoms with van der Waals surface area (Å²) < 4.78 is 82.9. The largest absolute Gasteiger partial charge is 0.461 e. The maximum Gasteiger partial charge on any atom is 0.317 e. The van der Waals surface area contributed by atoms with Crippen molar-refractivity contribution in [2.45, 2.75) is 43.4 Å². The maximum atomic E-state index is 16.8. The van der Waals surface area contributed by atoms with Gasteiger partial charge in [-0.15, -0.1) is 0 Å². The predicted molar refractivity (Wildman–Crippen MR) is 171 cm³/mol. The number of carbonyl (C=O) groups excluding carboxylic acids is 1. The number of aromatic nitrogens is 4. The molecule has 3 atom stereocenters. The van der Waals surface area contributed by atoms with Gasteiger partial charge < -0.3 is 15.0 Å². The van der Waals surface area contributed by atoms with Crippen LogP contribution in [-0.4, -0.2) is 92.7 Å². The Balaban J connectivity index is 1.40. The van der Waals surface area contributed by atoms with Crippen LogP contribution in [0.15, 0.2) is 54.6 Å². The molecular weight excluding hydrogens is 659 g/mol. The summed E-state index contributed by atoms with van der Waals surface area (Å²) in [7, 11) is 0. The van der Waals surface area contributed by atoms with Gasteiger partial charge in [0.25, 0.3) is 5.91 Å². The van der Waals surface area contributed by atoms with E-state index in [9.17, 15) is 23.2 Å². The second kappa shape index (κ2) is 13.7. The van der Waals surface area contributed by atoms with Crippen molar-refractivity contribution in [3.05, 3.63) is 83.5 Å². The third-order valence-corrected chi connectivity index (χ3v) is 9.52. The van der Waals surface area contributed by atoms with E-state index in [1.165, 1.54) is 17.2 Å². The molecule has 0 unspecified atom stereocenters. The van der Waals surface area contributed by atoms with Crippen LogP contribution in [-0.2, 0) is 4.79 Å². The van der Waals surface area contributed by atoms with Gasteiger partial charge in [-0.3, -0.25) is 19.7 Å². The van der Waals surface area contributed by atoms with E-state index in [0.717, 1.165) is 30.8 Å². The van der Waals surface area contributed by atoms with Gasteiger partial charge in [-0.2, -0.15) is 15.2 Å². The lowest BCUT2D eigenvalue weighted by molar-refractivity contribution is -0.129. The Morgan fingerprint density at radius 2 is 1.98 bits per heavy atom. The van der Waals surface area contributed by atoms with Crippen LogP contribution in [0.2, 0.25) is 0 Å². The number of rotatable bonds is 8. The summed E-state index contributed by atoms with van der Waals surface area (Å²) in [5.41, 5.74) is -2.85. The summed E-state index contributed by atoms with van der Waals surface area (Å²) in [5.74, 6) is -5.20. The Labute approximate surface area is 283 Å². The molecule has 258 valence electrons. The highest BCUT2D eigenvalue weighted by molar-refractivity contribution is 6.05. The molecule has 3 aliphatic heterocycles. The molecule has 3 saturated heterocycles. The third kappa shape index (κ3) is 6.25. The zero-order valence-electron chi connectivity index (χ0n) is 26.7. The number of pyridine rings is 2. The number of hydrogen-bond donors (Lipinski definition) is 1. The molecule has 50 heavy (non-hydrogen) atoms. The number of alkyl halides is 1. The fourth-order valence-electron chi connectivity index (χ4n) is 7.16. The van der Waals surface area contributed by atoms with Crippen molar-refractivity contribution in [3.63, 3.8) is 0 Å². The van der Waals surface area contributed by atoms with Crippen molar-refractivity contribution in [2.24, 2.45) is 0 Å². The number of piperazine rings is 1. The summed E-state index contributed by atoms with van der Waals surface area (Å²) in [4.78, 5) is 34.2. The zero-order chi connectivity index (χ0) is 35.0. The van der Waals surface area contributed by atoms with Gasteiger partial charge in [-0.1, -0.05) is 6.07 Å². The first kappa shape index (κ1) is 33.4. The minimum Gasteiger partial charge on any atom is -0.461 e. The molecule has 3 fully saturated rings. The number of ether oxygens (including phenoxy) is 1. The second-order valence-electron chi connectivity index (χ2n) is 12.7. The number of nitrogens with zero attached hydrogens (tertiary/aromatic N) is 7. The van der Waals surface area contributed by atoms with Crippen molar-refractivity contribution < 1.29 is 31.5 Å². The van der Waals surface area contributed by atoms with Crippen LogP contribution in [0.4, 0.5) is 22.0 Å². The lowest BCUT2D eigenvalue weighted by atomic mass is 9.95. The maximum absolute atomic E-state index is 16.8. The molecule has 0 bridgehead atoms.